The Balaban J connectivity index is 1.71. The van der Waals surface area contributed by atoms with Crippen LogP contribution in [0.4, 0.5) is 13.2 Å². The van der Waals surface area contributed by atoms with Gasteiger partial charge in [0.2, 0.25) is 0 Å². The second-order valence-electron chi connectivity index (χ2n) is 7.33. The van der Waals surface area contributed by atoms with E-state index in [-0.39, 0.29) is 18.2 Å². The lowest BCUT2D eigenvalue weighted by Crippen LogP contribution is -2.27. The Morgan fingerprint density at radius 1 is 1.00 bits per heavy atom. The summed E-state index contributed by atoms with van der Waals surface area (Å²) in [5.41, 5.74) is -0.242. The summed E-state index contributed by atoms with van der Waals surface area (Å²) in [5.74, 6) is 1.44. The van der Waals surface area contributed by atoms with Crippen molar-refractivity contribution in [3.63, 3.8) is 0 Å². The van der Waals surface area contributed by atoms with Gasteiger partial charge in [0.15, 0.2) is 17.5 Å². The van der Waals surface area contributed by atoms with Crippen LogP contribution < -0.4 is 5.69 Å². The molecule has 0 amide bonds. The predicted octanol–water partition coefficient (Wildman–Crippen LogP) is 4.56. The lowest BCUT2D eigenvalue weighted by Gasteiger charge is -2.08. The molecule has 0 spiro atoms. The Hall–Kier alpha value is -3.18. The molecule has 0 fully saturated rings. The minimum Gasteiger partial charge on any atom is -0.275 e. The van der Waals surface area contributed by atoms with Gasteiger partial charge in [-0.05, 0) is 36.4 Å². The molecule has 0 unspecified atom stereocenters. The molecule has 0 N–H and O–H groups in total. The number of rotatable bonds is 7. The van der Waals surface area contributed by atoms with Crippen LogP contribution in [0.1, 0.15) is 25.0 Å². The molecule has 0 saturated heterocycles. The van der Waals surface area contributed by atoms with E-state index in [4.69, 9.17) is 23.2 Å². The van der Waals surface area contributed by atoms with Crippen LogP contribution in [0.15, 0.2) is 47.4 Å². The van der Waals surface area contributed by atoms with Crippen LogP contribution in [-0.2, 0) is 19.5 Å². The summed E-state index contributed by atoms with van der Waals surface area (Å²) >= 11 is 11.8. The quantitative estimate of drug-likeness (QED) is 0.363. The van der Waals surface area contributed by atoms with Crippen molar-refractivity contribution in [3.05, 3.63) is 74.8 Å². The lowest BCUT2D eigenvalue weighted by molar-refractivity contribution is -0.136. The molecule has 0 atom stereocenters. The van der Waals surface area contributed by atoms with Gasteiger partial charge < -0.3 is 0 Å². The maximum Gasteiger partial charge on any atom is 0.390 e. The zero-order chi connectivity index (χ0) is 24.5. The van der Waals surface area contributed by atoms with Crippen LogP contribution in [-0.4, -0.2) is 40.3 Å². The molecule has 0 saturated carbocycles. The average Bonchev–Trinajstić information content (AvgIpc) is 3.34. The highest BCUT2D eigenvalue weighted by molar-refractivity contribution is 6.30. The SMILES string of the molecule is CCc1nc(Cn2nc(-c3ccc(Cl)cc3)n(CCC(F)(F)F)c2=O)nn1-c1ccc(Cl)cn1. The molecule has 178 valence electrons. The first-order chi connectivity index (χ1) is 16.1. The second kappa shape index (κ2) is 9.59. The molecule has 0 radical (unpaired) electrons. The van der Waals surface area contributed by atoms with Gasteiger partial charge in [0.1, 0.15) is 12.4 Å². The number of halogens is 5. The van der Waals surface area contributed by atoms with Crippen LogP contribution in [0.3, 0.4) is 0 Å². The molecule has 0 aliphatic rings. The normalized spacial score (nSPS) is 11.8. The summed E-state index contributed by atoms with van der Waals surface area (Å²) in [6, 6.07) is 9.67. The maximum atomic E-state index is 13.0. The number of hydrogen-bond acceptors (Lipinski definition) is 5. The van der Waals surface area contributed by atoms with Crippen LogP contribution in [0.25, 0.3) is 17.2 Å². The van der Waals surface area contributed by atoms with E-state index >= 15 is 0 Å². The number of pyridine rings is 1. The summed E-state index contributed by atoms with van der Waals surface area (Å²) in [5, 5.41) is 9.62. The maximum absolute atomic E-state index is 13.0. The van der Waals surface area contributed by atoms with E-state index < -0.39 is 24.8 Å². The van der Waals surface area contributed by atoms with Gasteiger partial charge in [0.25, 0.3) is 0 Å². The zero-order valence-corrected chi connectivity index (χ0v) is 19.3. The molecule has 3 aromatic heterocycles. The first-order valence-corrected chi connectivity index (χ1v) is 11.0. The third kappa shape index (κ3) is 5.31. The van der Waals surface area contributed by atoms with Crippen molar-refractivity contribution in [2.75, 3.05) is 0 Å². The molecule has 0 bridgehead atoms. The van der Waals surface area contributed by atoms with Gasteiger partial charge in [0.05, 0.1) is 11.4 Å². The molecule has 34 heavy (non-hydrogen) atoms. The van der Waals surface area contributed by atoms with E-state index in [1.807, 2.05) is 6.92 Å². The Labute approximate surface area is 201 Å². The van der Waals surface area contributed by atoms with Gasteiger partial charge in [-0.1, -0.05) is 30.1 Å². The zero-order valence-electron chi connectivity index (χ0n) is 17.8. The Bertz CT molecular complexity index is 1340. The van der Waals surface area contributed by atoms with E-state index in [1.54, 1.807) is 36.4 Å². The third-order valence-corrected chi connectivity index (χ3v) is 5.37. The standard InChI is InChI=1S/C21H18Cl2F3N7O/c1-2-17-28-16(29-33(17)18-8-7-15(23)11-27-18)12-32-20(34)31(10-9-21(24,25)26)19(30-32)13-3-5-14(22)6-4-13/h3-8,11H,2,9-10,12H2,1H3. The Kier molecular flexibility index (Phi) is 6.76. The summed E-state index contributed by atoms with van der Waals surface area (Å²) in [6.07, 6.45) is -3.60. The molecule has 4 aromatic rings. The monoisotopic (exact) mass is 511 g/mol. The molecule has 0 aliphatic heterocycles. The van der Waals surface area contributed by atoms with Crippen molar-refractivity contribution < 1.29 is 13.2 Å². The first-order valence-electron chi connectivity index (χ1n) is 10.2. The Morgan fingerprint density at radius 2 is 1.71 bits per heavy atom. The number of hydrogen-bond donors (Lipinski definition) is 0. The van der Waals surface area contributed by atoms with Crippen molar-refractivity contribution in [1.82, 2.24) is 34.1 Å². The predicted molar refractivity (Wildman–Crippen MR) is 120 cm³/mol. The van der Waals surface area contributed by atoms with E-state index in [0.717, 1.165) is 9.25 Å². The molecule has 1 aromatic carbocycles. The van der Waals surface area contributed by atoms with Crippen molar-refractivity contribution in [3.8, 4) is 17.2 Å². The van der Waals surface area contributed by atoms with E-state index in [9.17, 15) is 18.0 Å². The number of nitrogens with zero attached hydrogens (tertiary/aromatic N) is 7. The van der Waals surface area contributed by atoms with Gasteiger partial charge in [-0.25, -0.2) is 19.4 Å². The van der Waals surface area contributed by atoms with Crippen LogP contribution in [0.2, 0.25) is 10.0 Å². The van der Waals surface area contributed by atoms with Crippen molar-refractivity contribution in [1.29, 1.82) is 0 Å². The summed E-state index contributed by atoms with van der Waals surface area (Å²) in [6.45, 7) is 1.18. The molecule has 8 nitrogen and oxygen atoms in total. The number of aryl methyl sites for hydroxylation is 1. The topological polar surface area (TPSA) is 83.4 Å². The minimum absolute atomic E-state index is 0.0976. The smallest absolute Gasteiger partial charge is 0.275 e. The van der Waals surface area contributed by atoms with Gasteiger partial charge in [-0.3, -0.25) is 4.57 Å². The van der Waals surface area contributed by atoms with Crippen molar-refractivity contribution in [2.45, 2.75) is 39.0 Å². The molecule has 4 rings (SSSR count). The minimum atomic E-state index is -4.43. The first kappa shape index (κ1) is 24.0. The van der Waals surface area contributed by atoms with E-state index in [0.29, 0.717) is 33.7 Å². The van der Waals surface area contributed by atoms with E-state index in [2.05, 4.69) is 20.2 Å². The highest BCUT2D eigenvalue weighted by Crippen LogP contribution is 2.23. The third-order valence-electron chi connectivity index (χ3n) is 4.90. The van der Waals surface area contributed by atoms with Gasteiger partial charge in [0, 0.05) is 29.7 Å². The lowest BCUT2D eigenvalue weighted by atomic mass is 10.2. The van der Waals surface area contributed by atoms with Crippen molar-refractivity contribution >= 4 is 23.2 Å². The fourth-order valence-electron chi connectivity index (χ4n) is 3.30. The molecular weight excluding hydrogens is 494 g/mol. The molecule has 13 heteroatoms. The van der Waals surface area contributed by atoms with Crippen LogP contribution in [0.5, 0.6) is 0 Å². The van der Waals surface area contributed by atoms with Gasteiger partial charge in [-0.15, -0.1) is 10.2 Å². The number of alkyl halides is 3. The second-order valence-corrected chi connectivity index (χ2v) is 8.20. The largest absolute Gasteiger partial charge is 0.390 e. The fourth-order valence-corrected chi connectivity index (χ4v) is 3.53. The van der Waals surface area contributed by atoms with E-state index in [1.165, 1.54) is 10.9 Å². The molecule has 0 aliphatic carbocycles. The Morgan fingerprint density at radius 3 is 2.32 bits per heavy atom. The van der Waals surface area contributed by atoms with Crippen LogP contribution >= 0.6 is 23.2 Å². The highest BCUT2D eigenvalue weighted by atomic mass is 35.5. The molecule has 3 heterocycles. The summed E-state index contributed by atoms with van der Waals surface area (Å²) < 4.78 is 42.2. The highest BCUT2D eigenvalue weighted by Gasteiger charge is 2.28. The number of benzene rings is 1. The summed E-state index contributed by atoms with van der Waals surface area (Å²) in [7, 11) is 0. The fraction of sp³-hybridized carbons (Fsp3) is 0.286. The molecular formula is C21H18Cl2F3N7O. The summed E-state index contributed by atoms with van der Waals surface area (Å²) in [4.78, 5) is 21.7. The van der Waals surface area contributed by atoms with Crippen molar-refractivity contribution in [2.24, 2.45) is 0 Å². The number of aromatic nitrogens is 7. The van der Waals surface area contributed by atoms with Gasteiger partial charge >= 0.3 is 11.9 Å². The average molecular weight is 512 g/mol. The van der Waals surface area contributed by atoms with Gasteiger partial charge in [-0.2, -0.15) is 17.9 Å². The van der Waals surface area contributed by atoms with Crippen LogP contribution in [0, 0.1) is 0 Å².